The Balaban J connectivity index is 5.21. The van der Waals surface area contributed by atoms with Crippen molar-refractivity contribution in [3.63, 3.8) is 0 Å². The predicted octanol–water partition coefficient (Wildman–Crippen LogP) is 24.3. The number of carbonyl (C=O) groups is 4. The molecule has 0 saturated heterocycles. The molecule has 0 spiro atoms. The van der Waals surface area contributed by atoms with Crippen molar-refractivity contribution in [2.45, 2.75) is 445 Å². The predicted molar refractivity (Wildman–Crippen MR) is 409 cm³/mol. The number of aliphatic hydroxyl groups is 1. The molecule has 0 fully saturated rings. The Hall–Kier alpha value is -1.94. The third-order valence-corrected chi connectivity index (χ3v) is 20.9. The van der Waals surface area contributed by atoms with Gasteiger partial charge in [0.1, 0.15) is 19.3 Å². The van der Waals surface area contributed by atoms with Crippen LogP contribution >= 0.6 is 15.6 Å². The molecule has 5 atom stereocenters. The maximum absolute atomic E-state index is 13.1. The van der Waals surface area contributed by atoms with E-state index in [4.69, 9.17) is 37.0 Å². The number of aliphatic hydroxyl groups excluding tert-OH is 1. The molecule has 0 aromatic rings. The molecule has 0 heterocycles. The molecular formula is C81H158O17P2. The summed E-state index contributed by atoms with van der Waals surface area (Å²) in [6, 6.07) is 0. The molecule has 0 aromatic carbocycles. The maximum atomic E-state index is 13.1. The van der Waals surface area contributed by atoms with Crippen LogP contribution in [0, 0.1) is 11.8 Å². The number of ether oxygens (including phenoxy) is 4. The molecule has 0 radical (unpaired) electrons. The topological polar surface area (TPSA) is 237 Å². The van der Waals surface area contributed by atoms with Gasteiger partial charge in [0.05, 0.1) is 26.4 Å². The highest BCUT2D eigenvalue weighted by atomic mass is 31.2. The second-order valence-corrected chi connectivity index (χ2v) is 33.0. The molecule has 0 aromatic heterocycles. The minimum atomic E-state index is -4.96. The number of esters is 4. The zero-order valence-corrected chi connectivity index (χ0v) is 67.3. The van der Waals surface area contributed by atoms with Gasteiger partial charge in [-0.2, -0.15) is 0 Å². The number of unbranched alkanes of at least 4 members (excludes halogenated alkanes) is 50. The summed E-state index contributed by atoms with van der Waals surface area (Å²) in [6.07, 6.45) is 62.5. The summed E-state index contributed by atoms with van der Waals surface area (Å²) in [5.74, 6) is -0.571. The minimum absolute atomic E-state index is 0.105. The lowest BCUT2D eigenvalue weighted by Crippen LogP contribution is -2.30. The normalized spacial score (nSPS) is 13.9. The Morgan fingerprint density at radius 3 is 0.680 bits per heavy atom. The van der Waals surface area contributed by atoms with Gasteiger partial charge in [0.25, 0.3) is 0 Å². The molecule has 0 bridgehead atoms. The lowest BCUT2D eigenvalue weighted by molar-refractivity contribution is -0.161. The molecule has 0 aliphatic heterocycles. The van der Waals surface area contributed by atoms with Crippen LogP contribution in [-0.4, -0.2) is 96.7 Å². The van der Waals surface area contributed by atoms with E-state index in [1.165, 1.54) is 244 Å². The highest BCUT2D eigenvalue weighted by Crippen LogP contribution is 2.45. The van der Waals surface area contributed by atoms with Crippen molar-refractivity contribution in [3.05, 3.63) is 0 Å². The first-order valence-electron chi connectivity index (χ1n) is 42.0. The second-order valence-electron chi connectivity index (χ2n) is 30.1. The molecule has 100 heavy (non-hydrogen) atoms. The highest BCUT2D eigenvalue weighted by molar-refractivity contribution is 7.47. The van der Waals surface area contributed by atoms with Gasteiger partial charge in [-0.3, -0.25) is 37.3 Å². The first-order chi connectivity index (χ1) is 48.4. The van der Waals surface area contributed by atoms with Gasteiger partial charge in [-0.25, -0.2) is 9.13 Å². The van der Waals surface area contributed by atoms with Crippen molar-refractivity contribution in [1.29, 1.82) is 0 Å². The van der Waals surface area contributed by atoms with Gasteiger partial charge in [-0.1, -0.05) is 375 Å². The van der Waals surface area contributed by atoms with Crippen LogP contribution in [0.25, 0.3) is 0 Å². The average Bonchev–Trinajstić information content (AvgIpc) is 0.935. The van der Waals surface area contributed by atoms with Crippen LogP contribution in [0.4, 0.5) is 0 Å². The van der Waals surface area contributed by atoms with Crippen molar-refractivity contribution >= 4 is 39.5 Å². The molecule has 594 valence electrons. The van der Waals surface area contributed by atoms with E-state index in [9.17, 15) is 43.2 Å². The SMILES string of the molecule is CCCCCCCCCCCCCCCCCCCC(=O)OC[C@H](COP(=O)(O)OC[C@@H](O)COP(=O)(O)OC[C@@H](COC(=O)CCCCCCCCCCCCC)OC(=O)CCCCCCCCCCC(C)C)OC(=O)CCCCCCCCCCCCCCCCCCCCC(C)C. The minimum Gasteiger partial charge on any atom is -0.462 e. The van der Waals surface area contributed by atoms with E-state index in [1.807, 2.05) is 0 Å². The molecule has 0 rings (SSSR count). The third kappa shape index (κ3) is 74.3. The van der Waals surface area contributed by atoms with Crippen LogP contribution in [0.3, 0.4) is 0 Å². The molecule has 19 heteroatoms. The first kappa shape index (κ1) is 98.1. The van der Waals surface area contributed by atoms with Crippen LogP contribution in [0.1, 0.15) is 427 Å². The number of hydrogen-bond acceptors (Lipinski definition) is 15. The summed E-state index contributed by atoms with van der Waals surface area (Å²) in [7, 11) is -9.92. The van der Waals surface area contributed by atoms with Crippen LogP contribution < -0.4 is 0 Å². The molecule has 0 saturated carbocycles. The molecular weight excluding hydrogens is 1310 g/mol. The fourth-order valence-electron chi connectivity index (χ4n) is 12.5. The fraction of sp³-hybridized carbons (Fsp3) is 0.951. The van der Waals surface area contributed by atoms with Crippen LogP contribution in [0.2, 0.25) is 0 Å². The van der Waals surface area contributed by atoms with Gasteiger partial charge in [0.15, 0.2) is 12.2 Å². The number of carbonyl (C=O) groups excluding carboxylic acids is 4. The number of phosphoric ester groups is 2. The van der Waals surface area contributed by atoms with E-state index in [0.29, 0.717) is 25.7 Å². The quantitative estimate of drug-likeness (QED) is 0.0222. The van der Waals surface area contributed by atoms with Crippen molar-refractivity contribution in [2.75, 3.05) is 39.6 Å². The van der Waals surface area contributed by atoms with Gasteiger partial charge in [-0.05, 0) is 37.5 Å². The van der Waals surface area contributed by atoms with Crippen LogP contribution in [0.15, 0.2) is 0 Å². The number of hydrogen-bond donors (Lipinski definition) is 3. The van der Waals surface area contributed by atoms with E-state index in [0.717, 1.165) is 102 Å². The Labute approximate surface area is 613 Å². The van der Waals surface area contributed by atoms with Crippen molar-refractivity contribution in [1.82, 2.24) is 0 Å². The monoisotopic (exact) mass is 1470 g/mol. The molecule has 2 unspecified atom stereocenters. The lowest BCUT2D eigenvalue weighted by atomic mass is 10.0. The summed E-state index contributed by atoms with van der Waals surface area (Å²) < 4.78 is 68.7. The number of rotatable bonds is 80. The summed E-state index contributed by atoms with van der Waals surface area (Å²) in [5.41, 5.74) is 0. The average molecular weight is 1470 g/mol. The Kier molecular flexibility index (Phi) is 71.2. The van der Waals surface area contributed by atoms with Gasteiger partial charge in [0.2, 0.25) is 0 Å². The molecule has 3 N–H and O–H groups in total. The summed E-state index contributed by atoms with van der Waals surface area (Å²) in [5, 5.41) is 10.6. The van der Waals surface area contributed by atoms with Crippen LogP contribution in [0.5, 0.6) is 0 Å². The Morgan fingerprint density at radius 1 is 0.270 bits per heavy atom. The van der Waals surface area contributed by atoms with E-state index < -0.39 is 97.5 Å². The standard InChI is InChI=1S/C81H158O17P2/c1-7-9-11-13-15-17-19-20-21-24-28-31-35-39-46-52-58-64-79(84)92-69-76(97-80(85)65-59-53-47-40-36-32-29-26-23-22-25-27-30-34-37-43-49-55-61-73(3)4)71-95-99(87,88)93-67-75(82)68-94-100(89,90)96-72-77(98-81(86)66-60-54-48-42-41-44-50-56-62-74(5)6)70-91-78(83)63-57-51-45-38-33-18-16-14-12-10-8-2/h73-77,82H,7-72H2,1-6H3,(H,87,88)(H,89,90)/t75-,76-,77-/m1/s1. The van der Waals surface area contributed by atoms with Gasteiger partial charge in [0, 0.05) is 25.7 Å². The molecule has 17 nitrogen and oxygen atoms in total. The van der Waals surface area contributed by atoms with Gasteiger partial charge in [-0.15, -0.1) is 0 Å². The molecule has 0 amide bonds. The number of phosphoric acid groups is 2. The Morgan fingerprint density at radius 2 is 0.460 bits per heavy atom. The van der Waals surface area contributed by atoms with Crippen molar-refractivity contribution in [3.8, 4) is 0 Å². The Bertz CT molecular complexity index is 1920. The highest BCUT2D eigenvalue weighted by Gasteiger charge is 2.30. The maximum Gasteiger partial charge on any atom is 0.472 e. The largest absolute Gasteiger partial charge is 0.472 e. The van der Waals surface area contributed by atoms with Gasteiger partial charge < -0.3 is 33.8 Å². The van der Waals surface area contributed by atoms with E-state index in [2.05, 4.69) is 41.5 Å². The first-order valence-corrected chi connectivity index (χ1v) is 45.0. The van der Waals surface area contributed by atoms with Crippen molar-refractivity contribution < 1.29 is 80.2 Å². The van der Waals surface area contributed by atoms with E-state index in [-0.39, 0.29) is 25.7 Å². The van der Waals surface area contributed by atoms with E-state index >= 15 is 0 Å². The lowest BCUT2D eigenvalue weighted by Gasteiger charge is -2.21. The van der Waals surface area contributed by atoms with Crippen molar-refractivity contribution in [2.24, 2.45) is 11.8 Å². The summed E-state index contributed by atoms with van der Waals surface area (Å²) in [4.78, 5) is 73.0. The van der Waals surface area contributed by atoms with E-state index in [1.54, 1.807) is 0 Å². The fourth-order valence-corrected chi connectivity index (χ4v) is 14.1. The molecule has 0 aliphatic rings. The second kappa shape index (κ2) is 72.6. The zero-order chi connectivity index (χ0) is 73.5. The third-order valence-electron chi connectivity index (χ3n) is 19.0. The van der Waals surface area contributed by atoms with Crippen LogP contribution in [-0.2, 0) is 65.4 Å². The summed E-state index contributed by atoms with van der Waals surface area (Å²) in [6.45, 7) is 9.62. The zero-order valence-electron chi connectivity index (χ0n) is 65.5. The van der Waals surface area contributed by atoms with Gasteiger partial charge >= 0.3 is 39.5 Å². The smallest absolute Gasteiger partial charge is 0.462 e. The molecule has 0 aliphatic carbocycles. The summed E-state index contributed by atoms with van der Waals surface area (Å²) >= 11 is 0.